The average Bonchev–Trinajstić information content (AvgIpc) is 2.97. The van der Waals surface area contributed by atoms with Gasteiger partial charge in [-0.2, -0.15) is 0 Å². The van der Waals surface area contributed by atoms with Crippen molar-refractivity contribution in [3.63, 3.8) is 0 Å². The third-order valence-corrected chi connectivity index (χ3v) is 5.70. The van der Waals surface area contributed by atoms with E-state index in [9.17, 15) is 9.90 Å². The Morgan fingerprint density at radius 2 is 2.32 bits per heavy atom. The largest absolute Gasteiger partial charge is 0.388 e. The van der Waals surface area contributed by atoms with Gasteiger partial charge >= 0.3 is 0 Å². The fraction of sp³-hybridized carbons (Fsp3) is 0.688. The summed E-state index contributed by atoms with van der Waals surface area (Å²) >= 11 is 1.58. The van der Waals surface area contributed by atoms with Crippen molar-refractivity contribution in [3.05, 3.63) is 22.4 Å². The summed E-state index contributed by atoms with van der Waals surface area (Å²) in [6, 6.07) is 3.91. The van der Waals surface area contributed by atoms with Crippen molar-refractivity contribution in [3.8, 4) is 0 Å². The molecule has 22 heavy (non-hydrogen) atoms. The Morgan fingerprint density at radius 1 is 1.55 bits per heavy atom. The van der Waals surface area contributed by atoms with Crippen LogP contribution in [-0.2, 0) is 16.0 Å². The van der Waals surface area contributed by atoms with Gasteiger partial charge in [0.1, 0.15) is 6.10 Å². The number of hydrogen-bond acceptors (Lipinski definition) is 5. The van der Waals surface area contributed by atoms with Crippen LogP contribution in [0.4, 0.5) is 0 Å². The predicted molar refractivity (Wildman–Crippen MR) is 86.0 cm³/mol. The molecule has 1 aromatic heterocycles. The molecule has 0 aromatic carbocycles. The molecule has 2 saturated heterocycles. The van der Waals surface area contributed by atoms with Gasteiger partial charge in [-0.05, 0) is 44.3 Å². The van der Waals surface area contributed by atoms with Gasteiger partial charge in [-0.15, -0.1) is 11.3 Å². The van der Waals surface area contributed by atoms with Crippen LogP contribution >= 0.6 is 11.3 Å². The fourth-order valence-corrected chi connectivity index (χ4v) is 4.25. The predicted octanol–water partition coefficient (Wildman–Crippen LogP) is 1.07. The molecule has 2 aliphatic rings. The number of carbonyl (C=O) groups excluding carboxylic acids is 1. The Bertz CT molecular complexity index is 513. The molecular weight excluding hydrogens is 300 g/mol. The smallest absolute Gasteiger partial charge is 0.225 e. The zero-order valence-corrected chi connectivity index (χ0v) is 13.7. The number of aliphatic hydroxyl groups excluding tert-OH is 1. The number of ether oxygens (including phenoxy) is 1. The number of aliphatic hydroxyl groups is 1. The molecule has 2 atom stereocenters. The minimum Gasteiger partial charge on any atom is -0.388 e. The summed E-state index contributed by atoms with van der Waals surface area (Å²) in [5.74, 6) is -0.0324. The van der Waals surface area contributed by atoms with Crippen LogP contribution in [0.2, 0.25) is 0 Å². The topological polar surface area (TPSA) is 70.6 Å². The van der Waals surface area contributed by atoms with Gasteiger partial charge in [-0.25, -0.2) is 0 Å². The van der Waals surface area contributed by atoms with Crippen LogP contribution in [0.5, 0.6) is 0 Å². The molecule has 1 spiro atoms. The standard InChI is InChI=1S/C16H24N2O3S/c1-15(18-14(20)9-12-3-2-8-22-12)11-16(21-10-13(15)19)4-6-17-7-5-16/h2-3,8,13,17,19H,4-7,9-11H2,1H3,(H,18,20)/t13-,15-/m0/s1. The molecule has 0 saturated carbocycles. The second-order valence-electron chi connectivity index (χ2n) is 6.66. The Balaban J connectivity index is 1.67. The van der Waals surface area contributed by atoms with E-state index in [1.165, 1.54) is 0 Å². The Hall–Kier alpha value is -0.950. The van der Waals surface area contributed by atoms with E-state index in [-0.39, 0.29) is 18.1 Å². The number of amides is 1. The monoisotopic (exact) mass is 324 g/mol. The highest BCUT2D eigenvalue weighted by molar-refractivity contribution is 7.10. The van der Waals surface area contributed by atoms with E-state index in [4.69, 9.17) is 4.74 Å². The van der Waals surface area contributed by atoms with Crippen molar-refractivity contribution < 1.29 is 14.6 Å². The van der Waals surface area contributed by atoms with E-state index >= 15 is 0 Å². The molecule has 1 aromatic rings. The highest BCUT2D eigenvalue weighted by Crippen LogP contribution is 2.38. The van der Waals surface area contributed by atoms with Crippen molar-refractivity contribution >= 4 is 17.2 Å². The third-order valence-electron chi connectivity index (χ3n) is 4.83. The summed E-state index contributed by atoms with van der Waals surface area (Å²) in [4.78, 5) is 13.4. The van der Waals surface area contributed by atoms with Crippen molar-refractivity contribution in [2.45, 2.75) is 49.9 Å². The second-order valence-corrected chi connectivity index (χ2v) is 7.69. The molecular formula is C16H24N2O3S. The molecule has 0 bridgehead atoms. The summed E-state index contributed by atoms with van der Waals surface area (Å²) in [6.45, 7) is 4.08. The molecule has 2 fully saturated rings. The lowest BCUT2D eigenvalue weighted by atomic mass is 9.75. The molecule has 0 aliphatic carbocycles. The first kappa shape index (κ1) is 15.9. The lowest BCUT2D eigenvalue weighted by Crippen LogP contribution is -2.65. The van der Waals surface area contributed by atoms with E-state index in [2.05, 4.69) is 10.6 Å². The number of hydrogen-bond donors (Lipinski definition) is 3. The summed E-state index contributed by atoms with van der Waals surface area (Å²) in [5.41, 5.74) is -0.834. The van der Waals surface area contributed by atoms with Gasteiger partial charge in [0.25, 0.3) is 0 Å². The van der Waals surface area contributed by atoms with Crippen molar-refractivity contribution in [2.24, 2.45) is 0 Å². The number of piperidine rings is 1. The van der Waals surface area contributed by atoms with Gasteiger partial charge in [0.2, 0.25) is 5.91 Å². The third kappa shape index (κ3) is 3.35. The fourth-order valence-electron chi connectivity index (χ4n) is 3.54. The van der Waals surface area contributed by atoms with Gasteiger partial charge in [0.05, 0.1) is 24.2 Å². The minimum atomic E-state index is -0.666. The van der Waals surface area contributed by atoms with Crippen molar-refractivity contribution in [1.29, 1.82) is 0 Å². The second kappa shape index (κ2) is 6.28. The van der Waals surface area contributed by atoms with Crippen LogP contribution in [-0.4, -0.2) is 48.0 Å². The highest BCUT2D eigenvalue weighted by atomic mass is 32.1. The summed E-state index contributed by atoms with van der Waals surface area (Å²) in [7, 11) is 0. The lowest BCUT2D eigenvalue weighted by molar-refractivity contribution is -0.174. The Morgan fingerprint density at radius 3 is 3.00 bits per heavy atom. The van der Waals surface area contributed by atoms with Crippen LogP contribution < -0.4 is 10.6 Å². The van der Waals surface area contributed by atoms with E-state index in [1.54, 1.807) is 11.3 Å². The SMILES string of the molecule is C[C@]1(NC(=O)Cc2cccs2)CC2(CCNCC2)OC[C@@H]1O. The molecule has 3 heterocycles. The summed E-state index contributed by atoms with van der Waals surface area (Å²) in [5, 5.41) is 18.7. The molecule has 122 valence electrons. The van der Waals surface area contributed by atoms with Crippen LogP contribution in [0.25, 0.3) is 0 Å². The minimum absolute atomic E-state index is 0.0324. The normalized spacial score (nSPS) is 31.1. The maximum atomic E-state index is 12.3. The first-order chi connectivity index (χ1) is 10.5. The summed E-state index contributed by atoms with van der Waals surface area (Å²) in [6.07, 6.45) is 2.22. The lowest BCUT2D eigenvalue weighted by Gasteiger charge is -2.50. The molecule has 3 N–H and O–H groups in total. The molecule has 0 radical (unpaired) electrons. The maximum Gasteiger partial charge on any atom is 0.225 e. The van der Waals surface area contributed by atoms with Crippen molar-refractivity contribution in [2.75, 3.05) is 19.7 Å². The molecule has 1 amide bonds. The van der Waals surface area contributed by atoms with Gasteiger partial charge in [0, 0.05) is 11.3 Å². The van der Waals surface area contributed by atoms with Gasteiger partial charge in [-0.1, -0.05) is 6.07 Å². The first-order valence-corrected chi connectivity index (χ1v) is 8.76. The van der Waals surface area contributed by atoms with E-state index in [0.29, 0.717) is 12.8 Å². The Labute approximate surface area is 135 Å². The first-order valence-electron chi connectivity index (χ1n) is 7.88. The van der Waals surface area contributed by atoms with Gasteiger partial charge in [-0.3, -0.25) is 4.79 Å². The Kier molecular flexibility index (Phi) is 4.54. The van der Waals surface area contributed by atoms with E-state index < -0.39 is 11.6 Å². The van der Waals surface area contributed by atoms with E-state index in [1.807, 2.05) is 24.4 Å². The number of rotatable bonds is 3. The molecule has 6 heteroatoms. The maximum absolute atomic E-state index is 12.3. The van der Waals surface area contributed by atoms with Crippen LogP contribution in [0.3, 0.4) is 0 Å². The molecule has 5 nitrogen and oxygen atoms in total. The van der Waals surface area contributed by atoms with Gasteiger partial charge < -0.3 is 20.5 Å². The van der Waals surface area contributed by atoms with Gasteiger partial charge in [0.15, 0.2) is 0 Å². The highest BCUT2D eigenvalue weighted by Gasteiger charge is 2.49. The number of thiophene rings is 1. The van der Waals surface area contributed by atoms with Crippen molar-refractivity contribution in [1.82, 2.24) is 10.6 Å². The van der Waals surface area contributed by atoms with Crippen LogP contribution in [0.1, 0.15) is 31.1 Å². The summed E-state index contributed by atoms with van der Waals surface area (Å²) < 4.78 is 5.96. The van der Waals surface area contributed by atoms with Crippen LogP contribution in [0, 0.1) is 0 Å². The van der Waals surface area contributed by atoms with E-state index in [0.717, 1.165) is 30.8 Å². The van der Waals surface area contributed by atoms with Crippen LogP contribution in [0.15, 0.2) is 17.5 Å². The quantitative estimate of drug-likeness (QED) is 0.778. The molecule has 0 unspecified atom stereocenters. The zero-order valence-electron chi connectivity index (χ0n) is 12.9. The number of nitrogens with one attached hydrogen (secondary N) is 2. The molecule has 3 rings (SSSR count). The number of carbonyl (C=O) groups is 1. The zero-order chi connectivity index (χ0) is 15.6. The molecule has 2 aliphatic heterocycles. The average molecular weight is 324 g/mol.